The van der Waals surface area contributed by atoms with Crippen molar-refractivity contribution in [3.05, 3.63) is 66.2 Å². The smallest absolute Gasteiger partial charge is 0.306 e. The van der Waals surface area contributed by atoms with Gasteiger partial charge in [0.05, 0.1) is 42.0 Å². The van der Waals surface area contributed by atoms with Crippen LogP contribution in [0.25, 0.3) is 38.8 Å². The molecule has 9 nitrogen and oxygen atoms in total. The first-order valence-corrected chi connectivity index (χ1v) is 12.0. The minimum Gasteiger partial charge on any atom is -0.481 e. The summed E-state index contributed by atoms with van der Waals surface area (Å²) in [4.78, 5) is 17.8. The molecule has 188 valence electrons. The van der Waals surface area contributed by atoms with Crippen LogP contribution in [0.3, 0.4) is 0 Å². The summed E-state index contributed by atoms with van der Waals surface area (Å²) in [5.74, 6) is -0.499. The van der Waals surface area contributed by atoms with Gasteiger partial charge in [0.2, 0.25) is 0 Å². The Kier molecular flexibility index (Phi) is 5.60. The van der Waals surface area contributed by atoms with Gasteiger partial charge in [-0.2, -0.15) is 10.2 Å². The SMILES string of the molecule is Cc1cccc2c(-c3cc(F)cc4nn(C)cc34)nn(-c3ccc(N4CCOC(CC(=O)O)C4)nc3)c12. The van der Waals surface area contributed by atoms with Crippen molar-refractivity contribution < 1.29 is 19.0 Å². The van der Waals surface area contributed by atoms with E-state index in [-0.39, 0.29) is 18.3 Å². The molecule has 1 aliphatic rings. The van der Waals surface area contributed by atoms with E-state index in [1.54, 1.807) is 10.9 Å². The van der Waals surface area contributed by atoms with E-state index >= 15 is 0 Å². The van der Waals surface area contributed by atoms with Crippen molar-refractivity contribution in [2.75, 3.05) is 24.6 Å². The Hall–Kier alpha value is -4.31. The third kappa shape index (κ3) is 4.19. The molecular weight excluding hydrogens is 475 g/mol. The number of aryl methyl sites for hydroxylation is 2. The number of benzene rings is 2. The summed E-state index contributed by atoms with van der Waals surface area (Å²) >= 11 is 0. The quantitative estimate of drug-likeness (QED) is 0.388. The normalized spacial score (nSPS) is 16.1. The lowest BCUT2D eigenvalue weighted by molar-refractivity contribution is -0.140. The van der Waals surface area contributed by atoms with Crippen molar-refractivity contribution in [2.45, 2.75) is 19.4 Å². The van der Waals surface area contributed by atoms with Gasteiger partial charge >= 0.3 is 5.97 Å². The topological polar surface area (TPSA) is 98.3 Å². The molecule has 1 unspecified atom stereocenters. The van der Waals surface area contributed by atoms with Crippen LogP contribution >= 0.6 is 0 Å². The maximum atomic E-state index is 14.6. The molecule has 37 heavy (non-hydrogen) atoms. The predicted octanol–water partition coefficient (Wildman–Crippen LogP) is 4.10. The summed E-state index contributed by atoms with van der Waals surface area (Å²) in [5, 5.41) is 20.2. The van der Waals surface area contributed by atoms with Gasteiger partial charge in [0.15, 0.2) is 0 Å². The molecule has 1 atom stereocenters. The molecule has 0 saturated carbocycles. The van der Waals surface area contributed by atoms with Crippen LogP contribution in [-0.4, -0.2) is 61.4 Å². The molecule has 0 radical (unpaired) electrons. The van der Waals surface area contributed by atoms with E-state index in [1.165, 1.54) is 12.1 Å². The van der Waals surface area contributed by atoms with Gasteiger partial charge in [0, 0.05) is 48.7 Å². The number of morpholine rings is 1. The Morgan fingerprint density at radius 3 is 2.84 bits per heavy atom. The zero-order valence-electron chi connectivity index (χ0n) is 20.4. The number of aromatic nitrogens is 5. The third-order valence-electron chi connectivity index (χ3n) is 6.71. The number of carboxylic acid groups (broad SMARTS) is 1. The molecule has 0 amide bonds. The van der Waals surface area contributed by atoms with E-state index in [2.05, 4.69) is 10.1 Å². The molecule has 1 saturated heterocycles. The van der Waals surface area contributed by atoms with E-state index < -0.39 is 5.97 Å². The van der Waals surface area contributed by atoms with Crippen LogP contribution in [0.5, 0.6) is 0 Å². The van der Waals surface area contributed by atoms with Gasteiger partial charge in [-0.15, -0.1) is 0 Å². The summed E-state index contributed by atoms with van der Waals surface area (Å²) in [5.41, 5.74) is 4.64. The Morgan fingerprint density at radius 2 is 2.05 bits per heavy atom. The van der Waals surface area contributed by atoms with Crippen molar-refractivity contribution in [2.24, 2.45) is 7.05 Å². The van der Waals surface area contributed by atoms with Gasteiger partial charge in [-0.1, -0.05) is 18.2 Å². The van der Waals surface area contributed by atoms with Crippen molar-refractivity contribution in [3.63, 3.8) is 0 Å². The van der Waals surface area contributed by atoms with Crippen LogP contribution in [-0.2, 0) is 16.6 Å². The zero-order valence-corrected chi connectivity index (χ0v) is 20.4. The fourth-order valence-corrected chi connectivity index (χ4v) is 5.06. The number of para-hydroxylation sites is 1. The molecule has 1 fully saturated rings. The van der Waals surface area contributed by atoms with E-state index in [1.807, 2.05) is 60.1 Å². The number of hydrogen-bond donors (Lipinski definition) is 1. The molecule has 2 aromatic carbocycles. The Morgan fingerprint density at radius 1 is 1.19 bits per heavy atom. The first-order valence-electron chi connectivity index (χ1n) is 12.0. The number of hydrogen-bond acceptors (Lipinski definition) is 6. The van der Waals surface area contributed by atoms with Gasteiger partial charge in [-0.25, -0.2) is 14.1 Å². The Balaban J connectivity index is 1.42. The maximum Gasteiger partial charge on any atom is 0.306 e. The maximum absolute atomic E-state index is 14.6. The van der Waals surface area contributed by atoms with Crippen molar-refractivity contribution in [3.8, 4) is 16.9 Å². The molecule has 0 spiro atoms. The molecule has 6 rings (SSSR count). The van der Waals surface area contributed by atoms with Crippen LogP contribution in [0.2, 0.25) is 0 Å². The minimum atomic E-state index is -0.881. The highest BCUT2D eigenvalue weighted by Crippen LogP contribution is 2.36. The number of rotatable bonds is 5. The summed E-state index contributed by atoms with van der Waals surface area (Å²) in [6.07, 6.45) is 3.22. The van der Waals surface area contributed by atoms with E-state index in [0.717, 1.165) is 33.4 Å². The van der Waals surface area contributed by atoms with Crippen LogP contribution in [0.1, 0.15) is 12.0 Å². The fraction of sp³-hybridized carbons (Fsp3) is 0.259. The van der Waals surface area contributed by atoms with Crippen LogP contribution < -0.4 is 4.90 Å². The Bertz CT molecular complexity index is 1640. The summed E-state index contributed by atoms with van der Waals surface area (Å²) in [7, 11) is 1.81. The standard InChI is InChI=1S/C27H25FN6O3/c1-16-4-3-5-20-26(21-10-17(28)11-23-22(21)15-32(2)30-23)31-34(27(16)20)18-6-7-24(29-13-18)33-8-9-37-19(14-33)12-25(35)36/h3-7,10-11,13,15,19H,8-9,12,14H2,1-2H3,(H,35,36). The molecule has 5 aromatic rings. The number of aliphatic carboxylic acids is 1. The summed E-state index contributed by atoms with van der Waals surface area (Å²) in [6, 6.07) is 12.8. The van der Waals surface area contributed by atoms with E-state index in [0.29, 0.717) is 36.5 Å². The number of carboxylic acids is 1. The molecule has 0 aliphatic carbocycles. The summed E-state index contributed by atoms with van der Waals surface area (Å²) < 4.78 is 23.7. The van der Waals surface area contributed by atoms with Crippen LogP contribution in [0.15, 0.2) is 54.9 Å². The third-order valence-corrected chi connectivity index (χ3v) is 6.71. The number of fused-ring (bicyclic) bond motifs is 2. The molecular formula is C27H25FN6O3. The number of anilines is 1. The van der Waals surface area contributed by atoms with Crippen molar-refractivity contribution in [1.29, 1.82) is 0 Å². The molecule has 1 aliphatic heterocycles. The van der Waals surface area contributed by atoms with Gasteiger partial charge in [-0.3, -0.25) is 9.48 Å². The van der Waals surface area contributed by atoms with Gasteiger partial charge in [-0.05, 0) is 30.7 Å². The summed E-state index contributed by atoms with van der Waals surface area (Å²) in [6.45, 7) is 3.57. The van der Waals surface area contributed by atoms with Crippen LogP contribution in [0.4, 0.5) is 10.2 Å². The molecule has 10 heteroatoms. The number of nitrogens with zero attached hydrogens (tertiary/aromatic N) is 6. The number of halogens is 1. The lowest BCUT2D eigenvalue weighted by atomic mass is 10.0. The van der Waals surface area contributed by atoms with Gasteiger partial charge < -0.3 is 14.7 Å². The highest BCUT2D eigenvalue weighted by molar-refractivity contribution is 6.03. The number of ether oxygens (including phenoxy) is 1. The zero-order chi connectivity index (χ0) is 25.7. The van der Waals surface area contributed by atoms with Crippen molar-refractivity contribution >= 4 is 33.6 Å². The molecule has 0 bridgehead atoms. The number of carbonyl (C=O) groups is 1. The van der Waals surface area contributed by atoms with Gasteiger partial charge in [0.25, 0.3) is 0 Å². The Labute approximate surface area is 211 Å². The predicted molar refractivity (Wildman–Crippen MR) is 137 cm³/mol. The second-order valence-corrected chi connectivity index (χ2v) is 9.33. The molecule has 1 N–H and O–H groups in total. The second-order valence-electron chi connectivity index (χ2n) is 9.33. The average Bonchev–Trinajstić information content (AvgIpc) is 3.44. The van der Waals surface area contributed by atoms with Crippen LogP contribution in [0, 0.1) is 12.7 Å². The molecule has 3 aromatic heterocycles. The number of pyridine rings is 1. The van der Waals surface area contributed by atoms with Gasteiger partial charge in [0.1, 0.15) is 17.3 Å². The highest BCUT2D eigenvalue weighted by atomic mass is 19.1. The second kappa shape index (κ2) is 8.97. The average molecular weight is 501 g/mol. The fourth-order valence-electron chi connectivity index (χ4n) is 5.06. The highest BCUT2D eigenvalue weighted by Gasteiger charge is 2.24. The minimum absolute atomic E-state index is 0.0415. The largest absolute Gasteiger partial charge is 0.481 e. The lowest BCUT2D eigenvalue weighted by Crippen LogP contribution is -2.43. The molecule has 4 heterocycles. The first kappa shape index (κ1) is 23.1. The first-order chi connectivity index (χ1) is 17.9. The van der Waals surface area contributed by atoms with E-state index in [9.17, 15) is 9.18 Å². The monoisotopic (exact) mass is 500 g/mol. The van der Waals surface area contributed by atoms with Crippen molar-refractivity contribution in [1.82, 2.24) is 24.5 Å². The lowest BCUT2D eigenvalue weighted by Gasteiger charge is -2.33. The van der Waals surface area contributed by atoms with E-state index in [4.69, 9.17) is 14.9 Å².